The van der Waals surface area contributed by atoms with E-state index in [1.165, 1.54) is 89.9 Å². The van der Waals surface area contributed by atoms with Gasteiger partial charge in [0.25, 0.3) is 0 Å². The van der Waals surface area contributed by atoms with Gasteiger partial charge in [0.1, 0.15) is 0 Å². The van der Waals surface area contributed by atoms with Gasteiger partial charge in [-0.15, -0.1) is 0 Å². The molecule has 0 bridgehead atoms. The average molecular weight is 453 g/mol. The molecule has 0 saturated heterocycles. The van der Waals surface area contributed by atoms with Crippen LogP contribution >= 0.6 is 0 Å². The number of rotatable bonds is 22. The van der Waals surface area contributed by atoms with Gasteiger partial charge in [0, 0.05) is 0 Å². The molecule has 182 valence electrons. The summed E-state index contributed by atoms with van der Waals surface area (Å²) in [7, 11) is 0. The molecular weight excluding hydrogens is 401 g/mol. The molecule has 0 rings (SSSR count). The Morgan fingerprint density at radius 2 is 0.935 bits per heavy atom. The first-order chi connectivity index (χ1) is 14.4. The van der Waals surface area contributed by atoms with Crippen molar-refractivity contribution in [2.75, 3.05) is 0 Å². The van der Waals surface area contributed by atoms with Crippen molar-refractivity contribution in [3.05, 3.63) is 0 Å². The van der Waals surface area contributed by atoms with Gasteiger partial charge < -0.3 is 13.1 Å². The smallest absolute Gasteiger partial charge is 1.00 e. The van der Waals surface area contributed by atoms with Gasteiger partial charge in [0.2, 0.25) is 0 Å². The number of hydrogen-bond acceptors (Lipinski definition) is 2. The van der Waals surface area contributed by atoms with Gasteiger partial charge in [-0.05, 0) is 24.7 Å². The molecular formula is C26H52MgO4. The Hall–Kier alpha value is -0.294. The zero-order chi connectivity index (χ0) is 22.7. The predicted molar refractivity (Wildman–Crippen MR) is 134 cm³/mol. The number of hydrogen-bond donors (Lipinski definition) is 2. The second-order valence-corrected chi connectivity index (χ2v) is 9.69. The summed E-state index contributed by atoms with van der Waals surface area (Å²) in [5.74, 6) is -3.67. The van der Waals surface area contributed by atoms with Gasteiger partial charge in [0.05, 0.1) is 0 Å². The average Bonchev–Trinajstić information content (AvgIpc) is 2.70. The number of carbonyl (C=O) groups is 2. The van der Waals surface area contributed by atoms with Crippen LogP contribution in [-0.2, 0) is 9.59 Å². The van der Waals surface area contributed by atoms with E-state index in [1.807, 2.05) is 0 Å². The Balaban J connectivity index is -0.00000140. The van der Waals surface area contributed by atoms with Crippen molar-refractivity contribution in [2.45, 2.75) is 143 Å². The molecule has 0 heterocycles. The maximum Gasteiger partial charge on any atom is 2.00 e. The summed E-state index contributed by atoms with van der Waals surface area (Å²) in [5, 5.41) is 18.7. The molecule has 0 spiro atoms. The number of aliphatic carboxylic acids is 2. The van der Waals surface area contributed by atoms with Gasteiger partial charge in [-0.2, -0.15) is 0 Å². The zero-order valence-electron chi connectivity index (χ0n) is 22.9. The predicted octanol–water partition coefficient (Wildman–Crippen LogP) is 8.07. The first-order valence-electron chi connectivity index (χ1n) is 12.8. The molecule has 0 aliphatic carbocycles. The first kappa shape index (κ1) is 32.9. The molecule has 0 aromatic heterocycles. The van der Waals surface area contributed by atoms with E-state index in [0.29, 0.717) is 0 Å². The Morgan fingerprint density at radius 3 is 1.23 bits per heavy atom. The second-order valence-electron chi connectivity index (χ2n) is 9.69. The largest absolute Gasteiger partial charge is 2.00 e. The molecule has 0 aliphatic rings. The summed E-state index contributed by atoms with van der Waals surface area (Å²) in [6, 6.07) is 0. The van der Waals surface area contributed by atoms with Crippen LogP contribution in [0.1, 0.15) is 146 Å². The zero-order valence-corrected chi connectivity index (χ0v) is 22.3. The molecule has 31 heavy (non-hydrogen) atoms. The van der Waals surface area contributed by atoms with Crippen LogP contribution in [0.5, 0.6) is 0 Å². The van der Waals surface area contributed by atoms with Crippen LogP contribution in [0, 0.1) is 11.3 Å². The van der Waals surface area contributed by atoms with Gasteiger partial charge in [0.15, 0.2) is 5.92 Å². The monoisotopic (exact) mass is 452 g/mol. The third-order valence-corrected chi connectivity index (χ3v) is 6.56. The fourth-order valence-corrected chi connectivity index (χ4v) is 4.47. The van der Waals surface area contributed by atoms with Crippen molar-refractivity contribution in [1.82, 2.24) is 0 Å². The fourth-order valence-electron chi connectivity index (χ4n) is 4.47. The molecule has 5 heteroatoms. The Bertz CT molecular complexity index is 416. The van der Waals surface area contributed by atoms with E-state index in [-0.39, 0.29) is 37.7 Å². The number of carboxylic acids is 2. The van der Waals surface area contributed by atoms with Crippen LogP contribution < -0.4 is 0 Å². The summed E-state index contributed by atoms with van der Waals surface area (Å²) >= 11 is 0. The maximum atomic E-state index is 11.4. The number of unbranched alkanes of at least 4 members (excludes halogenated alkanes) is 14. The van der Waals surface area contributed by atoms with Crippen molar-refractivity contribution < 1.29 is 22.7 Å². The van der Waals surface area contributed by atoms with E-state index in [4.69, 9.17) is 0 Å². The molecule has 0 aliphatic heterocycles. The fraction of sp³-hybridized carbons (Fsp3) is 0.923. The van der Waals surface area contributed by atoms with Gasteiger partial charge in [-0.3, -0.25) is 9.59 Å². The summed E-state index contributed by atoms with van der Waals surface area (Å²) in [6.07, 6.45) is 22.1. The van der Waals surface area contributed by atoms with Crippen LogP contribution in [0.25, 0.3) is 0 Å². The Morgan fingerprint density at radius 1 is 0.645 bits per heavy atom. The topological polar surface area (TPSA) is 74.6 Å². The number of carboxylic acid groups (broad SMARTS) is 2. The summed E-state index contributed by atoms with van der Waals surface area (Å²) < 4.78 is 0. The van der Waals surface area contributed by atoms with Crippen LogP contribution in [-0.4, -0.2) is 45.2 Å². The maximum absolute atomic E-state index is 11.4. The van der Waals surface area contributed by atoms with E-state index in [2.05, 4.69) is 20.8 Å². The van der Waals surface area contributed by atoms with E-state index in [9.17, 15) is 19.8 Å². The molecule has 0 aromatic carbocycles. The molecule has 0 aromatic rings. The second kappa shape index (κ2) is 21.5. The van der Waals surface area contributed by atoms with Gasteiger partial charge in [-0.25, -0.2) is 0 Å². The molecule has 0 fully saturated rings. The van der Waals surface area contributed by atoms with E-state index in [1.54, 1.807) is 0 Å². The van der Waals surface area contributed by atoms with Crippen molar-refractivity contribution >= 4 is 35.0 Å². The van der Waals surface area contributed by atoms with Crippen LogP contribution in [0.2, 0.25) is 0 Å². The van der Waals surface area contributed by atoms with E-state index < -0.39 is 17.9 Å². The normalized spacial score (nSPS) is 11.5. The Kier molecular flexibility index (Phi) is 22.9. The van der Waals surface area contributed by atoms with Gasteiger partial charge >= 0.3 is 35.0 Å². The molecule has 2 N–H and O–H groups in total. The first-order valence-corrected chi connectivity index (χ1v) is 12.8. The van der Waals surface area contributed by atoms with Crippen molar-refractivity contribution in [2.24, 2.45) is 11.3 Å². The minimum absolute atomic E-state index is 0. The SMILES string of the molecule is CCCCCCCCCCC(C)(CCCCCCCCCC)CC(C(=O)O)C(=O)O.[H-].[H-].[Mg+2]. The van der Waals surface area contributed by atoms with Crippen molar-refractivity contribution in [3.63, 3.8) is 0 Å². The van der Waals surface area contributed by atoms with Crippen LogP contribution in [0.3, 0.4) is 0 Å². The minimum Gasteiger partial charge on any atom is -1.00 e. The van der Waals surface area contributed by atoms with Crippen LogP contribution in [0.4, 0.5) is 0 Å². The standard InChI is InChI=1S/C26H50O4.Mg.2H/c1-4-6-8-10-12-14-16-18-20-26(3,22-23(24(27)28)25(29)30)21-19-17-15-13-11-9-7-5-2;;;/h23H,4-22H2,1-3H3,(H,27,28)(H,29,30);;;/q;+2;2*-1. The van der Waals surface area contributed by atoms with Crippen LogP contribution in [0.15, 0.2) is 0 Å². The third kappa shape index (κ3) is 18.9. The van der Waals surface area contributed by atoms with E-state index in [0.717, 1.165) is 25.7 Å². The summed E-state index contributed by atoms with van der Waals surface area (Å²) in [5.41, 5.74) is -0.189. The molecule has 0 unspecified atom stereocenters. The summed E-state index contributed by atoms with van der Waals surface area (Å²) in [6.45, 7) is 6.58. The molecule has 0 radical (unpaired) electrons. The third-order valence-electron chi connectivity index (χ3n) is 6.56. The van der Waals surface area contributed by atoms with Crippen molar-refractivity contribution in [1.29, 1.82) is 0 Å². The molecule has 4 nitrogen and oxygen atoms in total. The minimum atomic E-state index is -1.28. The Labute approximate surface area is 211 Å². The molecule has 0 amide bonds. The van der Waals surface area contributed by atoms with Crippen molar-refractivity contribution in [3.8, 4) is 0 Å². The molecule has 0 atom stereocenters. The van der Waals surface area contributed by atoms with Gasteiger partial charge in [-0.1, -0.05) is 124 Å². The van der Waals surface area contributed by atoms with E-state index >= 15 is 0 Å². The quantitative estimate of drug-likeness (QED) is 0.0988. The summed E-state index contributed by atoms with van der Waals surface area (Å²) in [4.78, 5) is 22.9. The molecule has 0 saturated carbocycles.